The van der Waals surface area contributed by atoms with Crippen LogP contribution in [0.1, 0.15) is 22.6 Å². The van der Waals surface area contributed by atoms with Crippen LogP contribution in [-0.2, 0) is 6.61 Å². The highest BCUT2D eigenvalue weighted by molar-refractivity contribution is 5.80. The number of H-pyrrole nitrogens is 1. The van der Waals surface area contributed by atoms with Gasteiger partial charge in [-0.2, -0.15) is 0 Å². The van der Waals surface area contributed by atoms with Crippen molar-refractivity contribution in [2.45, 2.75) is 27.4 Å². The van der Waals surface area contributed by atoms with Crippen LogP contribution in [0.5, 0.6) is 5.75 Å². The highest BCUT2D eigenvalue weighted by atomic mass is 19.1. The first-order valence-corrected chi connectivity index (χ1v) is 8.77. The Morgan fingerprint density at radius 1 is 1.14 bits per heavy atom. The summed E-state index contributed by atoms with van der Waals surface area (Å²) in [4.78, 5) is 19.5. The van der Waals surface area contributed by atoms with E-state index < -0.39 is 5.82 Å². The summed E-state index contributed by atoms with van der Waals surface area (Å²) in [5.41, 5.74) is 2.98. The van der Waals surface area contributed by atoms with Gasteiger partial charge in [-0.05, 0) is 62.7 Å². The molecule has 0 aliphatic rings. The molecule has 7 heteroatoms. The van der Waals surface area contributed by atoms with Crippen LogP contribution in [0, 0.1) is 26.6 Å². The maximum atomic E-state index is 13.7. The molecule has 0 fully saturated rings. The normalized spacial score (nSPS) is 11.1. The van der Waals surface area contributed by atoms with Crippen LogP contribution in [0.2, 0.25) is 0 Å². The summed E-state index contributed by atoms with van der Waals surface area (Å²) in [6, 6.07) is 10.0. The number of nitrogens with one attached hydrogen (secondary N) is 1. The Hall–Kier alpha value is -3.48. The molecule has 28 heavy (non-hydrogen) atoms. The van der Waals surface area contributed by atoms with E-state index in [9.17, 15) is 9.18 Å². The molecule has 2 aromatic heterocycles. The molecule has 0 saturated heterocycles. The van der Waals surface area contributed by atoms with Crippen molar-refractivity contribution in [2.24, 2.45) is 0 Å². The number of nitrogens with zero attached hydrogens (tertiary/aromatic N) is 2. The quantitative estimate of drug-likeness (QED) is 0.574. The maximum absolute atomic E-state index is 13.7. The van der Waals surface area contributed by atoms with Crippen molar-refractivity contribution < 1.29 is 13.7 Å². The van der Waals surface area contributed by atoms with Crippen molar-refractivity contribution >= 4 is 10.9 Å². The molecule has 1 N–H and O–H groups in total. The van der Waals surface area contributed by atoms with E-state index in [2.05, 4.69) is 15.1 Å². The molecule has 0 saturated carbocycles. The second-order valence-corrected chi connectivity index (χ2v) is 6.65. The average molecular weight is 379 g/mol. The summed E-state index contributed by atoms with van der Waals surface area (Å²) in [5.74, 6) is 1.40. The number of aryl methyl sites for hydroxylation is 3. The molecule has 2 aromatic carbocycles. The Balaban J connectivity index is 1.60. The Morgan fingerprint density at radius 2 is 1.89 bits per heavy atom. The molecule has 0 radical (unpaired) electrons. The first-order valence-electron chi connectivity index (χ1n) is 8.77. The second-order valence-electron chi connectivity index (χ2n) is 6.65. The molecule has 0 spiro atoms. The first kappa shape index (κ1) is 17.9. The van der Waals surface area contributed by atoms with Crippen molar-refractivity contribution in [1.29, 1.82) is 0 Å². The van der Waals surface area contributed by atoms with Crippen molar-refractivity contribution in [2.75, 3.05) is 0 Å². The maximum Gasteiger partial charge on any atom is 0.259 e. The molecule has 2 heterocycles. The van der Waals surface area contributed by atoms with Crippen molar-refractivity contribution in [3.05, 3.63) is 75.2 Å². The molecule has 4 rings (SSSR count). The van der Waals surface area contributed by atoms with Crippen molar-refractivity contribution in [3.8, 4) is 17.1 Å². The molecular formula is C21H18FN3O3. The predicted molar refractivity (Wildman–Crippen MR) is 103 cm³/mol. The monoisotopic (exact) mass is 379 g/mol. The summed E-state index contributed by atoms with van der Waals surface area (Å²) < 4.78 is 24.6. The van der Waals surface area contributed by atoms with Gasteiger partial charge >= 0.3 is 0 Å². The lowest BCUT2D eigenvalue weighted by atomic mass is 10.1. The summed E-state index contributed by atoms with van der Waals surface area (Å²) in [7, 11) is 0. The van der Waals surface area contributed by atoms with E-state index in [0.717, 1.165) is 22.6 Å². The smallest absolute Gasteiger partial charge is 0.259 e. The molecular weight excluding hydrogens is 361 g/mol. The lowest BCUT2D eigenvalue weighted by molar-refractivity contribution is 0.302. The van der Waals surface area contributed by atoms with Crippen LogP contribution < -0.4 is 10.3 Å². The van der Waals surface area contributed by atoms with Gasteiger partial charge < -0.3 is 14.2 Å². The molecule has 0 aliphatic carbocycles. The third-order valence-corrected chi connectivity index (χ3v) is 4.68. The topological polar surface area (TPSA) is 81.0 Å². The van der Waals surface area contributed by atoms with Crippen LogP contribution in [0.15, 0.2) is 45.7 Å². The van der Waals surface area contributed by atoms with Gasteiger partial charge in [-0.1, -0.05) is 5.16 Å². The van der Waals surface area contributed by atoms with Crippen LogP contribution >= 0.6 is 0 Å². The lowest BCUT2D eigenvalue weighted by Gasteiger charge is -2.08. The number of aromatic amines is 1. The van der Waals surface area contributed by atoms with E-state index in [1.807, 2.05) is 26.0 Å². The highest BCUT2D eigenvalue weighted by Crippen LogP contribution is 2.23. The fourth-order valence-corrected chi connectivity index (χ4v) is 2.97. The van der Waals surface area contributed by atoms with Crippen molar-refractivity contribution in [3.63, 3.8) is 0 Å². The Kier molecular flexibility index (Phi) is 4.43. The first-order chi connectivity index (χ1) is 13.4. The fourth-order valence-electron chi connectivity index (χ4n) is 2.97. The average Bonchev–Trinajstić information content (AvgIpc) is 3.00. The van der Waals surface area contributed by atoms with E-state index in [1.54, 1.807) is 25.1 Å². The van der Waals surface area contributed by atoms with Crippen molar-refractivity contribution in [1.82, 2.24) is 15.1 Å². The zero-order valence-electron chi connectivity index (χ0n) is 15.7. The third-order valence-electron chi connectivity index (χ3n) is 4.68. The van der Waals surface area contributed by atoms with Crippen LogP contribution in [-0.4, -0.2) is 15.1 Å². The molecule has 0 bridgehead atoms. The molecule has 142 valence electrons. The van der Waals surface area contributed by atoms with Gasteiger partial charge in [-0.25, -0.2) is 9.37 Å². The Labute approximate surface area is 160 Å². The number of fused-ring (bicyclic) bond motifs is 1. The van der Waals surface area contributed by atoms with Gasteiger partial charge in [-0.3, -0.25) is 4.79 Å². The van der Waals surface area contributed by atoms with E-state index in [0.29, 0.717) is 29.3 Å². The van der Waals surface area contributed by atoms with Gasteiger partial charge in [-0.15, -0.1) is 0 Å². The van der Waals surface area contributed by atoms with Gasteiger partial charge in [0.2, 0.25) is 0 Å². The number of aromatic nitrogens is 3. The second kappa shape index (κ2) is 6.92. The molecule has 6 nitrogen and oxygen atoms in total. The molecule has 0 atom stereocenters. The number of halogens is 1. The van der Waals surface area contributed by atoms with Gasteiger partial charge in [0, 0.05) is 5.56 Å². The van der Waals surface area contributed by atoms with E-state index in [1.165, 1.54) is 6.07 Å². The van der Waals surface area contributed by atoms with Crippen LogP contribution in [0.25, 0.3) is 22.3 Å². The van der Waals surface area contributed by atoms with E-state index >= 15 is 0 Å². The molecule has 0 unspecified atom stereocenters. The molecule has 4 aromatic rings. The largest absolute Gasteiger partial charge is 0.489 e. The fraction of sp³-hybridized carbons (Fsp3) is 0.190. The molecule has 0 aliphatic heterocycles. The van der Waals surface area contributed by atoms with E-state index in [-0.39, 0.29) is 10.9 Å². The van der Waals surface area contributed by atoms with E-state index in [4.69, 9.17) is 9.26 Å². The highest BCUT2D eigenvalue weighted by Gasteiger charge is 2.11. The zero-order valence-corrected chi connectivity index (χ0v) is 15.7. The molecule has 0 amide bonds. The lowest BCUT2D eigenvalue weighted by Crippen LogP contribution is -2.10. The van der Waals surface area contributed by atoms with Gasteiger partial charge in [0.1, 0.15) is 29.8 Å². The van der Waals surface area contributed by atoms with Gasteiger partial charge in [0.15, 0.2) is 0 Å². The van der Waals surface area contributed by atoms with Crippen LogP contribution in [0.4, 0.5) is 4.39 Å². The number of benzene rings is 2. The van der Waals surface area contributed by atoms with Gasteiger partial charge in [0.05, 0.1) is 22.2 Å². The third kappa shape index (κ3) is 3.26. The summed E-state index contributed by atoms with van der Waals surface area (Å²) in [6.45, 7) is 5.71. The number of ether oxygens (including phenoxy) is 1. The van der Waals surface area contributed by atoms with Crippen LogP contribution in [0.3, 0.4) is 0 Å². The summed E-state index contributed by atoms with van der Waals surface area (Å²) in [6.07, 6.45) is 0. The predicted octanol–water partition coefficient (Wildman–Crippen LogP) is 4.22. The minimum absolute atomic E-state index is 0.228. The van der Waals surface area contributed by atoms with Gasteiger partial charge in [0.25, 0.3) is 5.56 Å². The number of hydrogen-bond acceptors (Lipinski definition) is 5. The number of hydrogen-bond donors (Lipinski definition) is 1. The Bertz CT molecular complexity index is 1210. The standard InChI is InChI=1S/C21H18FN3O3/c1-11-8-19-16(9-18(11)22)21(26)24-20(23-19)14-4-6-15(7-5-14)27-10-17-12(2)25-28-13(17)3/h4-9H,10H2,1-3H3,(H,23,24,26). The zero-order chi connectivity index (χ0) is 19.8. The summed E-state index contributed by atoms with van der Waals surface area (Å²) >= 11 is 0. The number of rotatable bonds is 4. The minimum Gasteiger partial charge on any atom is -0.489 e. The minimum atomic E-state index is -0.424. The SMILES string of the molecule is Cc1cc2nc(-c3ccc(OCc4c(C)noc4C)cc3)[nH]c(=O)c2cc1F. The Morgan fingerprint density at radius 3 is 2.57 bits per heavy atom. The summed E-state index contributed by atoms with van der Waals surface area (Å²) in [5, 5.41) is 4.13.